The van der Waals surface area contributed by atoms with Gasteiger partial charge in [0, 0.05) is 12.1 Å². The second kappa shape index (κ2) is 7.11. The lowest BCUT2D eigenvalue weighted by molar-refractivity contribution is 0.0658. The zero-order chi connectivity index (χ0) is 17.9. The molecule has 3 heterocycles. The summed E-state index contributed by atoms with van der Waals surface area (Å²) >= 11 is 0. The second-order valence-electron chi connectivity index (χ2n) is 6.57. The maximum atomic E-state index is 13.3. The van der Waals surface area contributed by atoms with Gasteiger partial charge in [-0.25, -0.2) is 0 Å². The lowest BCUT2D eigenvalue weighted by Crippen LogP contribution is -2.34. The first kappa shape index (κ1) is 16.5. The number of aryl methyl sites for hydroxylation is 1. The van der Waals surface area contributed by atoms with Gasteiger partial charge in [-0.15, -0.1) is 5.10 Å². The highest BCUT2D eigenvalue weighted by molar-refractivity contribution is 5.95. The zero-order valence-corrected chi connectivity index (χ0v) is 14.7. The smallest absolute Gasteiger partial charge is 0.254 e. The number of hydrogen-bond acceptors (Lipinski definition) is 5. The first-order valence-corrected chi connectivity index (χ1v) is 8.94. The summed E-state index contributed by atoms with van der Waals surface area (Å²) in [6.45, 7) is 2.56. The number of hydrogen-bond donors (Lipinski definition) is 0. The van der Waals surface area contributed by atoms with Crippen molar-refractivity contribution in [1.29, 1.82) is 0 Å². The Labute approximate surface area is 151 Å². The molecule has 0 spiro atoms. The highest BCUT2D eigenvalue weighted by atomic mass is 16.3. The van der Waals surface area contributed by atoms with Crippen molar-refractivity contribution in [2.75, 3.05) is 6.54 Å². The Morgan fingerprint density at radius 3 is 2.88 bits per heavy atom. The van der Waals surface area contributed by atoms with E-state index in [4.69, 9.17) is 4.42 Å². The standard InChI is InChI=1S/C19H21N5O2/c1-14-20-21-22-24(14)16-8-5-7-15(13-16)19(25)23-11-4-2-3-9-17(23)18-10-6-12-26-18/h5-8,10,12-13,17H,2-4,9,11H2,1H3/t17-/m1/s1. The summed E-state index contributed by atoms with van der Waals surface area (Å²) in [5.41, 5.74) is 1.42. The normalized spacial score (nSPS) is 17.9. The Kier molecular flexibility index (Phi) is 4.51. The van der Waals surface area contributed by atoms with Crippen molar-refractivity contribution in [3.8, 4) is 5.69 Å². The Bertz CT molecular complexity index is 887. The van der Waals surface area contributed by atoms with Crippen LogP contribution in [0.2, 0.25) is 0 Å². The molecule has 1 aliphatic heterocycles. The fourth-order valence-corrected chi connectivity index (χ4v) is 3.53. The summed E-state index contributed by atoms with van der Waals surface area (Å²) < 4.78 is 7.25. The van der Waals surface area contributed by atoms with Crippen LogP contribution in [0, 0.1) is 6.92 Å². The Morgan fingerprint density at radius 2 is 2.12 bits per heavy atom. The largest absolute Gasteiger partial charge is 0.467 e. The number of likely N-dealkylation sites (tertiary alicyclic amines) is 1. The van der Waals surface area contributed by atoms with Crippen LogP contribution in [0.15, 0.2) is 47.1 Å². The van der Waals surface area contributed by atoms with Gasteiger partial charge in [0.05, 0.1) is 18.0 Å². The minimum Gasteiger partial charge on any atom is -0.467 e. The predicted octanol–water partition coefficient (Wildman–Crippen LogP) is 3.32. The van der Waals surface area contributed by atoms with Gasteiger partial charge in [0.25, 0.3) is 5.91 Å². The highest BCUT2D eigenvalue weighted by Crippen LogP contribution is 2.31. The van der Waals surface area contributed by atoms with Crippen LogP contribution in [-0.4, -0.2) is 37.6 Å². The maximum absolute atomic E-state index is 13.3. The minimum atomic E-state index is -0.0153. The molecule has 0 aliphatic carbocycles. The van der Waals surface area contributed by atoms with Gasteiger partial charge in [0.1, 0.15) is 5.76 Å². The predicted molar refractivity (Wildman–Crippen MR) is 94.8 cm³/mol. The van der Waals surface area contributed by atoms with Crippen molar-refractivity contribution in [3.05, 3.63) is 59.8 Å². The van der Waals surface area contributed by atoms with Crippen molar-refractivity contribution in [2.45, 2.75) is 38.6 Å². The SMILES string of the molecule is Cc1nnnn1-c1cccc(C(=O)N2CCCCC[C@@H]2c2ccco2)c1. The van der Waals surface area contributed by atoms with E-state index in [0.717, 1.165) is 43.7 Å². The molecule has 7 nitrogen and oxygen atoms in total. The average molecular weight is 351 g/mol. The molecule has 4 rings (SSSR count). The molecule has 1 fully saturated rings. The van der Waals surface area contributed by atoms with Crippen LogP contribution >= 0.6 is 0 Å². The van der Waals surface area contributed by atoms with Gasteiger partial charge in [-0.1, -0.05) is 18.9 Å². The second-order valence-corrected chi connectivity index (χ2v) is 6.57. The van der Waals surface area contributed by atoms with Crippen LogP contribution in [0.4, 0.5) is 0 Å². The summed E-state index contributed by atoms with van der Waals surface area (Å²) in [6, 6.07) is 11.3. The first-order valence-electron chi connectivity index (χ1n) is 8.94. The number of amides is 1. The molecule has 1 atom stereocenters. The molecule has 1 aliphatic rings. The lowest BCUT2D eigenvalue weighted by Gasteiger charge is -2.29. The van der Waals surface area contributed by atoms with Gasteiger partial charge in [-0.2, -0.15) is 4.68 Å². The molecule has 1 amide bonds. The monoisotopic (exact) mass is 351 g/mol. The third kappa shape index (κ3) is 3.12. The number of carbonyl (C=O) groups is 1. The Hall–Kier alpha value is -2.96. The third-order valence-electron chi connectivity index (χ3n) is 4.85. The van der Waals surface area contributed by atoms with Crippen molar-refractivity contribution in [3.63, 3.8) is 0 Å². The summed E-state index contributed by atoms with van der Waals surface area (Å²) in [5, 5.41) is 11.6. The molecule has 1 aromatic carbocycles. The van der Waals surface area contributed by atoms with Gasteiger partial charge < -0.3 is 9.32 Å². The van der Waals surface area contributed by atoms with Crippen LogP contribution in [0.1, 0.15) is 53.7 Å². The van der Waals surface area contributed by atoms with E-state index in [0.29, 0.717) is 11.4 Å². The topological polar surface area (TPSA) is 77.1 Å². The number of rotatable bonds is 3. The molecule has 1 saturated heterocycles. The van der Waals surface area contributed by atoms with Crippen LogP contribution in [0.3, 0.4) is 0 Å². The molecule has 134 valence electrons. The molecule has 0 saturated carbocycles. The van der Waals surface area contributed by atoms with Crippen LogP contribution in [0.25, 0.3) is 5.69 Å². The Balaban J connectivity index is 1.66. The van der Waals surface area contributed by atoms with E-state index in [1.54, 1.807) is 10.9 Å². The molecule has 7 heteroatoms. The quantitative estimate of drug-likeness (QED) is 0.723. The van der Waals surface area contributed by atoms with Crippen molar-refractivity contribution in [2.24, 2.45) is 0 Å². The number of furan rings is 1. The molecule has 26 heavy (non-hydrogen) atoms. The number of carbonyl (C=O) groups excluding carboxylic acids is 1. The van der Waals surface area contributed by atoms with Gasteiger partial charge >= 0.3 is 0 Å². The molecule has 0 N–H and O–H groups in total. The van der Waals surface area contributed by atoms with Gasteiger partial charge in [-0.3, -0.25) is 4.79 Å². The Morgan fingerprint density at radius 1 is 1.19 bits per heavy atom. The molecule has 0 unspecified atom stereocenters. The fourth-order valence-electron chi connectivity index (χ4n) is 3.53. The van der Waals surface area contributed by atoms with E-state index in [1.807, 2.05) is 48.2 Å². The van der Waals surface area contributed by atoms with E-state index >= 15 is 0 Å². The van der Waals surface area contributed by atoms with Crippen molar-refractivity contribution in [1.82, 2.24) is 25.1 Å². The number of benzene rings is 1. The van der Waals surface area contributed by atoms with Crippen LogP contribution in [-0.2, 0) is 0 Å². The van der Waals surface area contributed by atoms with E-state index in [1.165, 1.54) is 0 Å². The van der Waals surface area contributed by atoms with E-state index < -0.39 is 0 Å². The summed E-state index contributed by atoms with van der Waals surface area (Å²) in [6.07, 6.45) is 5.83. The van der Waals surface area contributed by atoms with Gasteiger partial charge in [-0.05, 0) is 60.5 Å². The van der Waals surface area contributed by atoms with Crippen molar-refractivity contribution >= 4 is 5.91 Å². The van der Waals surface area contributed by atoms with E-state index in [9.17, 15) is 4.79 Å². The lowest BCUT2D eigenvalue weighted by atomic mass is 10.1. The third-order valence-corrected chi connectivity index (χ3v) is 4.85. The molecule has 3 aromatic rings. The van der Waals surface area contributed by atoms with E-state index in [-0.39, 0.29) is 11.9 Å². The first-order chi connectivity index (χ1) is 12.7. The highest BCUT2D eigenvalue weighted by Gasteiger charge is 2.29. The molecular formula is C19H21N5O2. The summed E-state index contributed by atoms with van der Waals surface area (Å²) in [4.78, 5) is 15.2. The molecule has 2 aromatic heterocycles. The zero-order valence-electron chi connectivity index (χ0n) is 14.7. The van der Waals surface area contributed by atoms with Crippen molar-refractivity contribution < 1.29 is 9.21 Å². The van der Waals surface area contributed by atoms with E-state index in [2.05, 4.69) is 15.5 Å². The van der Waals surface area contributed by atoms with Gasteiger partial charge in [0.15, 0.2) is 5.82 Å². The number of tetrazole rings is 1. The summed E-state index contributed by atoms with van der Waals surface area (Å²) in [7, 11) is 0. The van der Waals surface area contributed by atoms with Crippen LogP contribution < -0.4 is 0 Å². The maximum Gasteiger partial charge on any atom is 0.254 e. The number of aromatic nitrogens is 4. The fraction of sp³-hybridized carbons (Fsp3) is 0.368. The minimum absolute atomic E-state index is 0.0147. The summed E-state index contributed by atoms with van der Waals surface area (Å²) in [5.74, 6) is 1.55. The average Bonchev–Trinajstić information content (AvgIpc) is 3.28. The number of nitrogens with zero attached hydrogens (tertiary/aromatic N) is 5. The molecule has 0 radical (unpaired) electrons. The van der Waals surface area contributed by atoms with Gasteiger partial charge in [0.2, 0.25) is 0 Å². The molecular weight excluding hydrogens is 330 g/mol. The molecule has 0 bridgehead atoms. The van der Waals surface area contributed by atoms with Crippen LogP contribution in [0.5, 0.6) is 0 Å².